The topological polar surface area (TPSA) is 40.6 Å². The Hall–Kier alpha value is -1.79. The molecule has 0 radical (unpaired) electrons. The van der Waals surface area contributed by atoms with E-state index in [1.165, 1.54) is 23.3 Å². The fourth-order valence-electron chi connectivity index (χ4n) is 2.93. The molecule has 0 aromatic heterocycles. The van der Waals surface area contributed by atoms with E-state index in [0.29, 0.717) is 17.8 Å². The first kappa shape index (κ1) is 38.7. The van der Waals surface area contributed by atoms with Gasteiger partial charge in [0.2, 0.25) is 0 Å². The molecule has 3 rings (SSSR count). The fourth-order valence-corrected chi connectivity index (χ4v) is 3.83. The number of rotatable bonds is 4. The van der Waals surface area contributed by atoms with Gasteiger partial charge in [0.1, 0.15) is 11.0 Å². The molecule has 2 aromatic rings. The monoisotopic (exact) mass is 538 g/mol. The Morgan fingerprint density at radius 1 is 0.944 bits per heavy atom. The molecule has 2 aromatic carbocycles. The highest BCUT2D eigenvalue weighted by molar-refractivity contribution is 7.98. The van der Waals surface area contributed by atoms with Crippen LogP contribution in [0.1, 0.15) is 98.0 Å². The van der Waals surface area contributed by atoms with Crippen molar-refractivity contribution in [1.29, 1.82) is 0 Å². The van der Waals surface area contributed by atoms with Crippen molar-refractivity contribution in [2.24, 2.45) is 0 Å². The Kier molecular flexibility index (Phi) is 26.8. The van der Waals surface area contributed by atoms with Crippen LogP contribution >= 0.6 is 11.8 Å². The summed E-state index contributed by atoms with van der Waals surface area (Å²) >= 11 is 1.71. The number of fused-ring (bicyclic) bond motifs is 1. The summed E-state index contributed by atoms with van der Waals surface area (Å²) < 4.78 is 13.4. The molecule has 6 heteroatoms. The molecule has 1 heterocycles. The predicted octanol–water partition coefficient (Wildman–Crippen LogP) is 9.25. The van der Waals surface area contributed by atoms with E-state index >= 15 is 0 Å². The van der Waals surface area contributed by atoms with Crippen LogP contribution in [-0.2, 0) is 17.4 Å². The Labute approximate surface area is 230 Å². The minimum atomic E-state index is -1.18. The van der Waals surface area contributed by atoms with Crippen molar-refractivity contribution >= 4 is 40.0 Å². The van der Waals surface area contributed by atoms with Crippen molar-refractivity contribution in [1.82, 2.24) is 0 Å². The van der Waals surface area contributed by atoms with E-state index in [1.807, 2.05) is 76.8 Å². The van der Waals surface area contributed by atoms with Crippen LogP contribution in [0.5, 0.6) is 0 Å². The lowest BCUT2D eigenvalue weighted by atomic mass is 10.1. The lowest BCUT2D eigenvalue weighted by Gasteiger charge is -2.23. The number of hydrogen-bond donors (Lipinski definition) is 0. The summed E-state index contributed by atoms with van der Waals surface area (Å²) in [4.78, 5) is 16.1. The molecule has 0 saturated carbocycles. The lowest BCUT2D eigenvalue weighted by molar-refractivity contribution is 0.0990. The van der Waals surface area contributed by atoms with Crippen LogP contribution in [0.4, 0.5) is 11.4 Å². The Balaban J connectivity index is -0.000000784. The van der Waals surface area contributed by atoms with Crippen LogP contribution in [-0.4, -0.2) is 36.2 Å². The van der Waals surface area contributed by atoms with Gasteiger partial charge >= 0.3 is 0 Å². The van der Waals surface area contributed by atoms with E-state index in [2.05, 4.69) is 40.0 Å². The van der Waals surface area contributed by atoms with Gasteiger partial charge in [0.05, 0.1) is 11.3 Å². The summed E-state index contributed by atoms with van der Waals surface area (Å²) in [6.07, 6.45) is 7.03. The molecule has 0 aliphatic carbocycles. The van der Waals surface area contributed by atoms with Crippen molar-refractivity contribution in [3.8, 4) is 0 Å². The van der Waals surface area contributed by atoms with Crippen molar-refractivity contribution in [3.05, 3.63) is 53.6 Å². The normalized spacial score (nSPS) is 11.1. The number of amides is 1. The maximum atomic E-state index is 13.1. The molecule has 0 N–H and O–H groups in total. The molecule has 1 aliphatic rings. The first-order valence-corrected chi connectivity index (χ1v) is 16.2. The summed E-state index contributed by atoms with van der Waals surface area (Å²) in [5.74, 6) is -0.0430. The second-order valence-corrected chi connectivity index (χ2v) is 9.33. The molecule has 1 unspecified atom stereocenters. The molecule has 208 valence electrons. The highest BCUT2D eigenvalue weighted by Crippen LogP contribution is 2.33. The first-order valence-electron chi connectivity index (χ1n) is 13.5. The molecule has 4 nitrogen and oxygen atoms in total. The first-order chi connectivity index (χ1) is 17.4. The maximum Gasteiger partial charge on any atom is 0.260 e. The Morgan fingerprint density at radius 3 is 1.92 bits per heavy atom. The molecular formula is C30H54N2O2S2. The number of anilines is 2. The van der Waals surface area contributed by atoms with Gasteiger partial charge in [-0.1, -0.05) is 94.2 Å². The minimum absolute atomic E-state index is 0.0430. The van der Waals surface area contributed by atoms with Gasteiger partial charge in [0.15, 0.2) is 0 Å². The van der Waals surface area contributed by atoms with Crippen molar-refractivity contribution in [3.63, 3.8) is 0 Å². The largest absolute Gasteiger partial charge is 0.308 e. The van der Waals surface area contributed by atoms with E-state index in [4.69, 9.17) is 0 Å². The zero-order valence-electron chi connectivity index (χ0n) is 25.4. The predicted molar refractivity (Wildman–Crippen MR) is 168 cm³/mol. The van der Waals surface area contributed by atoms with E-state index in [0.717, 1.165) is 12.1 Å². The van der Waals surface area contributed by atoms with Gasteiger partial charge in [-0.15, -0.1) is 11.8 Å². The number of nitrogens with zero attached hydrogens (tertiary/aromatic N) is 2. The minimum Gasteiger partial charge on any atom is -0.308 e. The van der Waals surface area contributed by atoms with Crippen LogP contribution in [0.15, 0.2) is 47.4 Å². The van der Waals surface area contributed by atoms with Crippen LogP contribution in [0.2, 0.25) is 0 Å². The van der Waals surface area contributed by atoms with Crippen molar-refractivity contribution in [2.45, 2.75) is 93.4 Å². The zero-order chi connectivity index (χ0) is 28.7. The van der Waals surface area contributed by atoms with Crippen LogP contribution < -0.4 is 9.21 Å². The molecular weight excluding hydrogens is 484 g/mol. The number of benzene rings is 2. The van der Waals surface area contributed by atoms with E-state index in [-0.39, 0.29) is 5.91 Å². The van der Waals surface area contributed by atoms with E-state index in [1.54, 1.807) is 35.4 Å². The second kappa shape index (κ2) is 24.9. The Morgan fingerprint density at radius 2 is 1.44 bits per heavy atom. The molecule has 1 amide bonds. The van der Waals surface area contributed by atoms with Crippen molar-refractivity contribution in [2.75, 3.05) is 35.3 Å². The highest BCUT2D eigenvalue weighted by atomic mass is 32.2. The molecule has 0 bridgehead atoms. The van der Waals surface area contributed by atoms with Gasteiger partial charge in [-0.3, -0.25) is 9.10 Å². The third-order valence-corrected chi connectivity index (χ3v) is 5.98. The average molecular weight is 539 g/mol. The molecule has 36 heavy (non-hydrogen) atoms. The van der Waals surface area contributed by atoms with E-state index in [9.17, 15) is 9.00 Å². The maximum absolute atomic E-state index is 13.1. The van der Waals surface area contributed by atoms with Gasteiger partial charge in [0.25, 0.3) is 5.91 Å². The summed E-state index contributed by atoms with van der Waals surface area (Å²) in [5, 5.41) is 0. The summed E-state index contributed by atoms with van der Waals surface area (Å²) in [7, 11) is 0.562. The SMILES string of the molecule is CC.CC.CC.CCC.CCC.CSc1ccc2c(c1)CCN2C(=O)c1ccccc1N(C)S(C)=O. The number of thioether (sulfide) groups is 1. The Bertz CT molecular complexity index is 839. The quantitative estimate of drug-likeness (QED) is 0.364. The molecule has 1 aliphatic heterocycles. The van der Waals surface area contributed by atoms with Gasteiger partial charge in [-0.05, 0) is 48.6 Å². The van der Waals surface area contributed by atoms with Gasteiger partial charge < -0.3 is 4.90 Å². The lowest BCUT2D eigenvalue weighted by Crippen LogP contribution is -2.31. The molecule has 0 fully saturated rings. The van der Waals surface area contributed by atoms with Crippen LogP contribution in [0.25, 0.3) is 0 Å². The van der Waals surface area contributed by atoms with Gasteiger partial charge in [-0.25, -0.2) is 4.21 Å². The summed E-state index contributed by atoms with van der Waals surface area (Å²) in [6, 6.07) is 13.6. The molecule has 0 spiro atoms. The summed E-state index contributed by atoms with van der Waals surface area (Å²) in [6.45, 7) is 21.2. The molecule has 0 saturated heterocycles. The van der Waals surface area contributed by atoms with Crippen LogP contribution in [0, 0.1) is 0 Å². The average Bonchev–Trinajstić information content (AvgIpc) is 3.35. The zero-order valence-corrected chi connectivity index (χ0v) is 27.0. The molecule has 1 atom stereocenters. The van der Waals surface area contributed by atoms with Gasteiger partial charge in [-0.2, -0.15) is 0 Å². The summed E-state index contributed by atoms with van der Waals surface area (Å²) in [5.41, 5.74) is 3.46. The highest BCUT2D eigenvalue weighted by Gasteiger charge is 2.28. The number of para-hydroxylation sites is 1. The fraction of sp³-hybridized carbons (Fsp3) is 0.567. The van der Waals surface area contributed by atoms with Crippen molar-refractivity contribution < 1.29 is 9.00 Å². The number of hydrogen-bond acceptors (Lipinski definition) is 3. The standard InChI is InChI=1S/C18H20N2O2S2.2C3H8.3C2H6/c1-19(24(3)22)17-7-5-4-6-15(17)18(21)20-11-10-13-12-14(23-2)8-9-16(13)20;2*1-3-2;3*1-2/h4-9,12H,10-11H2,1-3H3;2*3H2,1-2H3;3*1-2H3. The van der Waals surface area contributed by atoms with E-state index < -0.39 is 11.0 Å². The van der Waals surface area contributed by atoms with Gasteiger partial charge in [0, 0.05) is 30.4 Å². The smallest absolute Gasteiger partial charge is 0.260 e. The number of carbonyl (C=O) groups is 1. The third-order valence-electron chi connectivity index (χ3n) is 4.29. The van der Waals surface area contributed by atoms with Crippen LogP contribution in [0.3, 0.4) is 0 Å². The third kappa shape index (κ3) is 13.0. The number of carbonyl (C=O) groups excluding carboxylic acids is 1. The second-order valence-electron chi connectivity index (χ2n) is 7.05.